The molecule has 1 aliphatic carbocycles. The Balaban J connectivity index is 0.998. The van der Waals surface area contributed by atoms with E-state index in [4.69, 9.17) is 19.9 Å². The monoisotopic (exact) mass is 680 g/mol. The Morgan fingerprint density at radius 2 is 1.52 bits per heavy atom. The maximum atomic E-state index is 12.8. The smallest absolute Gasteiger partial charge is 0.408 e. The molecule has 0 radical (unpaired) electrons. The molecule has 2 bridgehead atoms. The van der Waals surface area contributed by atoms with E-state index in [1.807, 2.05) is 88.4 Å². The second-order valence-electron chi connectivity index (χ2n) is 15.2. The third kappa shape index (κ3) is 9.04. The van der Waals surface area contributed by atoms with E-state index in [-0.39, 0.29) is 30.2 Å². The summed E-state index contributed by atoms with van der Waals surface area (Å²) in [4.78, 5) is 15.4. The molecule has 3 aliphatic rings. The molecule has 0 aromatic heterocycles. The van der Waals surface area contributed by atoms with Crippen LogP contribution in [-0.4, -0.2) is 63.6 Å². The number of amides is 1. The van der Waals surface area contributed by atoms with Crippen molar-refractivity contribution in [2.24, 2.45) is 11.7 Å². The lowest BCUT2D eigenvalue weighted by atomic mass is 9.80. The zero-order valence-corrected chi connectivity index (χ0v) is 30.0. The molecule has 6 rings (SSSR count). The van der Waals surface area contributed by atoms with Crippen LogP contribution in [0.3, 0.4) is 0 Å². The Hall–Kier alpha value is -4.37. The van der Waals surface area contributed by atoms with E-state index in [1.54, 1.807) is 0 Å². The van der Waals surface area contributed by atoms with Crippen molar-refractivity contribution in [3.8, 4) is 11.5 Å². The van der Waals surface area contributed by atoms with Gasteiger partial charge in [-0.05, 0) is 101 Å². The molecular formula is C41H54N5O4+. The number of rotatable bonds is 12. The number of hydrogen-bond donors (Lipinski definition) is 3. The van der Waals surface area contributed by atoms with Crippen LogP contribution >= 0.6 is 0 Å². The fourth-order valence-electron chi connectivity index (χ4n) is 7.86. The summed E-state index contributed by atoms with van der Waals surface area (Å²) >= 11 is 0. The molecule has 9 nitrogen and oxygen atoms in total. The van der Waals surface area contributed by atoms with Crippen LogP contribution in [0.4, 0.5) is 4.79 Å². The lowest BCUT2D eigenvalue weighted by Gasteiger charge is -2.41. The highest BCUT2D eigenvalue weighted by atomic mass is 16.6. The van der Waals surface area contributed by atoms with Gasteiger partial charge in [-0.3, -0.25) is 4.90 Å². The first kappa shape index (κ1) is 35.5. The van der Waals surface area contributed by atoms with Gasteiger partial charge in [-0.1, -0.05) is 60.7 Å². The van der Waals surface area contributed by atoms with Gasteiger partial charge < -0.3 is 25.3 Å². The van der Waals surface area contributed by atoms with Gasteiger partial charge >= 0.3 is 6.09 Å². The van der Waals surface area contributed by atoms with Crippen LogP contribution in [0.2, 0.25) is 0 Å². The Labute approximate surface area is 297 Å². The molecule has 1 saturated carbocycles. The molecule has 9 heteroatoms. The highest BCUT2D eigenvalue weighted by Crippen LogP contribution is 2.39. The highest BCUT2D eigenvalue weighted by molar-refractivity contribution is 5.84. The van der Waals surface area contributed by atoms with E-state index < -0.39 is 5.60 Å². The number of benzene rings is 3. The summed E-state index contributed by atoms with van der Waals surface area (Å²) < 4.78 is 19.9. The topological polar surface area (TPSA) is 113 Å². The van der Waals surface area contributed by atoms with Crippen LogP contribution in [0, 0.1) is 11.3 Å². The number of alkyl carbamates (subject to hydrolysis) is 1. The fraction of sp³-hybridized carbons (Fsp3) is 0.488. The first-order chi connectivity index (χ1) is 24.0. The van der Waals surface area contributed by atoms with Crippen molar-refractivity contribution >= 4 is 17.8 Å². The summed E-state index contributed by atoms with van der Waals surface area (Å²) in [5, 5.41) is 12.4. The van der Waals surface area contributed by atoms with Gasteiger partial charge in [0.05, 0.1) is 18.0 Å². The number of carbonyl (C=O) groups excluding carboxylic acids is 1. The third-order valence-electron chi connectivity index (χ3n) is 10.3. The molecule has 3 fully saturated rings. The summed E-state index contributed by atoms with van der Waals surface area (Å²) in [6.45, 7) is 9.01. The van der Waals surface area contributed by atoms with Gasteiger partial charge in [-0.25, -0.2) is 9.37 Å². The molecule has 2 heterocycles. The highest BCUT2D eigenvalue weighted by Gasteiger charge is 2.46. The molecule has 3 aromatic carbocycles. The second kappa shape index (κ2) is 15.7. The number of fused-ring (bicyclic) bond motifs is 2. The average Bonchev–Trinajstić information content (AvgIpc) is 3.30. The van der Waals surface area contributed by atoms with Crippen LogP contribution in [-0.2, 0) is 11.3 Å². The standard InChI is InChI=1S/C41H53N5O4/c1-28(42)46(39(43)31-23-37(24-31)49-36-19-17-35(18-20-36)48-27-29-11-7-5-8-12-29)34-25-32-15-16-33(26-34)45(32)22-21-38(30-13-9-6-10-14-30)44-40(47)50-41(2,3)4/h5-14,17-20,31-34,37-38,42-43H,15-16,21-27H2,1-4H3,(H,44,47)/p+1/t31?,32?,33?,34?,37?,38-/m0/s1. The number of carbonyl (C=O) groups is 1. The summed E-state index contributed by atoms with van der Waals surface area (Å²) in [6.07, 6.45) is 6.38. The van der Waals surface area contributed by atoms with Crippen molar-refractivity contribution in [1.82, 2.24) is 10.2 Å². The van der Waals surface area contributed by atoms with Crippen molar-refractivity contribution in [3.05, 3.63) is 96.1 Å². The van der Waals surface area contributed by atoms with Gasteiger partial charge in [0.2, 0.25) is 5.84 Å². The summed E-state index contributed by atoms with van der Waals surface area (Å²) in [7, 11) is 0. The van der Waals surface area contributed by atoms with Gasteiger partial charge in [0.1, 0.15) is 29.8 Å². The van der Waals surface area contributed by atoms with Gasteiger partial charge in [0.15, 0.2) is 5.84 Å². The number of piperidine rings is 1. The Kier molecular flexibility index (Phi) is 11.1. The van der Waals surface area contributed by atoms with Crippen LogP contribution < -0.4 is 20.5 Å². The first-order valence-electron chi connectivity index (χ1n) is 18.2. The SMILES string of the molecule is CC(N)=[N+](C(=N)C1CC(Oc2ccc(OCc3ccccc3)cc2)C1)C1CC2CCC(C1)N2CC[C@H](NC(=O)OC(C)(C)C)c1ccccc1. The third-order valence-corrected chi connectivity index (χ3v) is 10.3. The van der Waals surface area contributed by atoms with E-state index >= 15 is 0 Å². The first-order valence-corrected chi connectivity index (χ1v) is 18.2. The normalized spacial score (nSPS) is 24.4. The molecule has 3 aromatic rings. The number of hydrogen-bond acceptors (Lipinski definition) is 6. The average molecular weight is 681 g/mol. The van der Waals surface area contributed by atoms with Gasteiger partial charge in [0, 0.05) is 25.6 Å². The molecule has 2 saturated heterocycles. The fourth-order valence-corrected chi connectivity index (χ4v) is 7.86. The number of nitrogens with one attached hydrogen (secondary N) is 2. The van der Waals surface area contributed by atoms with Crippen LogP contribution in [0.15, 0.2) is 84.9 Å². The summed E-state index contributed by atoms with van der Waals surface area (Å²) in [5.74, 6) is 3.10. The predicted octanol–water partition coefficient (Wildman–Crippen LogP) is 7.44. The molecule has 1 amide bonds. The number of nitrogens with two attached hydrogens (primary N) is 1. The molecule has 2 aliphatic heterocycles. The largest absolute Gasteiger partial charge is 0.490 e. The van der Waals surface area contributed by atoms with Gasteiger partial charge in [0.25, 0.3) is 0 Å². The van der Waals surface area contributed by atoms with Crippen LogP contribution in [0.25, 0.3) is 0 Å². The number of amidine groups is 2. The lowest BCUT2D eigenvalue weighted by molar-refractivity contribution is -0.472. The van der Waals surface area contributed by atoms with Crippen molar-refractivity contribution in [3.63, 3.8) is 0 Å². The Bertz CT molecular complexity index is 1600. The van der Waals surface area contributed by atoms with Crippen molar-refractivity contribution < 1.29 is 23.6 Å². The molecule has 4 N–H and O–H groups in total. The van der Waals surface area contributed by atoms with Crippen molar-refractivity contribution in [1.29, 1.82) is 5.41 Å². The molecule has 3 atom stereocenters. The maximum Gasteiger partial charge on any atom is 0.408 e. The van der Waals surface area contributed by atoms with E-state index in [0.717, 1.165) is 74.1 Å². The van der Waals surface area contributed by atoms with E-state index in [0.29, 0.717) is 30.4 Å². The summed E-state index contributed by atoms with van der Waals surface area (Å²) in [5.41, 5.74) is 8.18. The molecule has 266 valence electrons. The lowest BCUT2D eigenvalue weighted by Crippen LogP contribution is -2.53. The minimum absolute atomic E-state index is 0.0845. The molecule has 50 heavy (non-hydrogen) atoms. The van der Waals surface area contributed by atoms with Crippen LogP contribution in [0.1, 0.15) is 89.8 Å². The quantitative estimate of drug-likeness (QED) is 0.104. The van der Waals surface area contributed by atoms with Gasteiger partial charge in [-0.2, -0.15) is 5.41 Å². The minimum Gasteiger partial charge on any atom is -0.490 e. The van der Waals surface area contributed by atoms with E-state index in [2.05, 4.69) is 39.1 Å². The predicted molar refractivity (Wildman–Crippen MR) is 197 cm³/mol. The minimum atomic E-state index is -0.553. The van der Waals surface area contributed by atoms with Crippen LogP contribution in [0.5, 0.6) is 11.5 Å². The Morgan fingerprint density at radius 1 is 0.920 bits per heavy atom. The molecular weight excluding hydrogens is 626 g/mol. The zero-order chi connectivity index (χ0) is 35.3. The Morgan fingerprint density at radius 3 is 2.12 bits per heavy atom. The van der Waals surface area contributed by atoms with E-state index in [1.165, 1.54) is 0 Å². The zero-order valence-electron chi connectivity index (χ0n) is 30.0. The van der Waals surface area contributed by atoms with Gasteiger partial charge in [-0.15, -0.1) is 0 Å². The van der Waals surface area contributed by atoms with E-state index in [9.17, 15) is 10.2 Å². The molecule has 0 spiro atoms. The maximum absolute atomic E-state index is 12.8. The molecule has 2 unspecified atom stereocenters. The van der Waals surface area contributed by atoms with Crippen molar-refractivity contribution in [2.75, 3.05) is 6.54 Å². The summed E-state index contributed by atoms with van der Waals surface area (Å²) in [6, 6.07) is 29.1. The van der Waals surface area contributed by atoms with Crippen molar-refractivity contribution in [2.45, 2.75) is 115 Å². The number of nitrogens with zero attached hydrogens (tertiary/aromatic N) is 2. The number of ether oxygens (including phenoxy) is 3. The second-order valence-corrected chi connectivity index (χ2v) is 15.2.